The van der Waals surface area contributed by atoms with Crippen LogP contribution < -0.4 is 5.32 Å². The fourth-order valence-corrected chi connectivity index (χ4v) is 4.27. The van der Waals surface area contributed by atoms with Crippen molar-refractivity contribution in [1.82, 2.24) is 14.9 Å². The number of piperidine rings is 1. The van der Waals surface area contributed by atoms with Gasteiger partial charge in [-0.1, -0.05) is 25.1 Å². The number of fused-ring (bicyclic) bond motifs is 1. The van der Waals surface area contributed by atoms with Crippen molar-refractivity contribution in [1.29, 1.82) is 0 Å². The fraction of sp³-hybridized carbons (Fsp3) is 0.368. The number of hydrogen-bond acceptors (Lipinski definition) is 4. The standard InChI is InChI=1S/C18H19ClN4OS.CH4/c1-11-10-25-16(19)14(11)21-18-20-13-7-5-6-12(15(13)22-18)17(24)23-8-3-2-4-9-23;/h5-7,10H,2-4,8-9H2,1H3,(H2,20,21,22);1H4. The molecule has 0 unspecified atom stereocenters. The van der Waals surface area contributed by atoms with Crippen LogP contribution in [0.4, 0.5) is 11.6 Å². The highest BCUT2D eigenvalue weighted by Gasteiger charge is 2.21. The van der Waals surface area contributed by atoms with Crippen LogP contribution in [0.25, 0.3) is 11.0 Å². The van der Waals surface area contributed by atoms with Gasteiger partial charge in [0.2, 0.25) is 5.95 Å². The van der Waals surface area contributed by atoms with Gasteiger partial charge in [-0.15, -0.1) is 11.3 Å². The number of halogens is 1. The van der Waals surface area contributed by atoms with Crippen LogP contribution in [-0.2, 0) is 0 Å². The second kappa shape index (κ2) is 7.68. The monoisotopic (exact) mass is 390 g/mol. The second-order valence-electron chi connectivity index (χ2n) is 6.33. The summed E-state index contributed by atoms with van der Waals surface area (Å²) >= 11 is 7.71. The summed E-state index contributed by atoms with van der Waals surface area (Å²) in [7, 11) is 0. The molecule has 1 aromatic carbocycles. The zero-order chi connectivity index (χ0) is 17.4. The average Bonchev–Trinajstić information content (AvgIpc) is 3.19. The van der Waals surface area contributed by atoms with Crippen molar-refractivity contribution < 1.29 is 4.79 Å². The van der Waals surface area contributed by atoms with E-state index in [1.807, 2.05) is 35.4 Å². The Morgan fingerprint density at radius 3 is 2.77 bits per heavy atom. The molecule has 5 nitrogen and oxygen atoms in total. The summed E-state index contributed by atoms with van der Waals surface area (Å²) in [5, 5.41) is 5.24. The number of anilines is 2. The van der Waals surface area contributed by atoms with Gasteiger partial charge in [-0.2, -0.15) is 0 Å². The quantitative estimate of drug-likeness (QED) is 0.612. The van der Waals surface area contributed by atoms with E-state index in [2.05, 4.69) is 15.3 Å². The van der Waals surface area contributed by atoms with Crippen LogP contribution in [-0.4, -0.2) is 33.9 Å². The Hall–Kier alpha value is -2.05. The Balaban J connectivity index is 0.00000196. The largest absolute Gasteiger partial charge is 0.339 e. The smallest absolute Gasteiger partial charge is 0.256 e. The number of imidazole rings is 1. The summed E-state index contributed by atoms with van der Waals surface area (Å²) < 4.78 is 0.697. The zero-order valence-corrected chi connectivity index (χ0v) is 15.5. The summed E-state index contributed by atoms with van der Waals surface area (Å²) in [6.07, 6.45) is 3.35. The fourth-order valence-electron chi connectivity index (χ4n) is 3.21. The number of carbonyl (C=O) groups excluding carboxylic acids is 1. The van der Waals surface area contributed by atoms with E-state index in [1.54, 1.807) is 0 Å². The molecule has 138 valence electrons. The molecule has 0 bridgehead atoms. The number of nitrogens with one attached hydrogen (secondary N) is 2. The van der Waals surface area contributed by atoms with E-state index in [9.17, 15) is 4.79 Å². The molecule has 4 rings (SSSR count). The first-order valence-electron chi connectivity index (χ1n) is 8.42. The first-order valence-corrected chi connectivity index (χ1v) is 9.68. The number of benzene rings is 1. The number of para-hydroxylation sites is 1. The molecular weight excluding hydrogens is 368 g/mol. The van der Waals surface area contributed by atoms with E-state index >= 15 is 0 Å². The SMILES string of the molecule is C.Cc1csc(Cl)c1Nc1nc2c(C(=O)N3CCCCC3)cccc2[nH]1. The number of rotatable bonds is 3. The predicted octanol–water partition coefficient (Wildman–Crippen LogP) is 5.59. The van der Waals surface area contributed by atoms with E-state index in [1.165, 1.54) is 17.8 Å². The molecule has 0 atom stereocenters. The molecule has 1 aliphatic heterocycles. The lowest BCUT2D eigenvalue weighted by atomic mass is 10.1. The van der Waals surface area contributed by atoms with Crippen LogP contribution >= 0.6 is 22.9 Å². The molecule has 7 heteroatoms. The van der Waals surface area contributed by atoms with Gasteiger partial charge in [0.25, 0.3) is 5.91 Å². The third-order valence-electron chi connectivity index (χ3n) is 4.56. The van der Waals surface area contributed by atoms with Crippen molar-refractivity contribution in [2.24, 2.45) is 0 Å². The number of likely N-dealkylation sites (tertiary alicyclic amines) is 1. The molecule has 1 fully saturated rings. The van der Waals surface area contributed by atoms with Gasteiger partial charge in [0.15, 0.2) is 0 Å². The number of carbonyl (C=O) groups is 1. The highest BCUT2D eigenvalue weighted by molar-refractivity contribution is 7.15. The molecule has 3 heterocycles. The van der Waals surface area contributed by atoms with Gasteiger partial charge in [-0.05, 0) is 49.3 Å². The first kappa shape index (κ1) is 18.7. The van der Waals surface area contributed by atoms with Crippen LogP contribution in [0.3, 0.4) is 0 Å². The van der Waals surface area contributed by atoms with Gasteiger partial charge in [0.05, 0.1) is 16.8 Å². The maximum absolute atomic E-state index is 12.9. The van der Waals surface area contributed by atoms with Gasteiger partial charge < -0.3 is 15.2 Å². The molecule has 1 amide bonds. The number of hydrogen-bond donors (Lipinski definition) is 2. The van der Waals surface area contributed by atoms with Crippen molar-refractivity contribution in [3.05, 3.63) is 39.0 Å². The van der Waals surface area contributed by atoms with Crippen molar-refractivity contribution in [3.63, 3.8) is 0 Å². The van der Waals surface area contributed by atoms with Crippen LogP contribution in [0.5, 0.6) is 0 Å². The average molecular weight is 391 g/mol. The third-order valence-corrected chi connectivity index (χ3v) is 5.90. The number of aromatic amines is 1. The highest BCUT2D eigenvalue weighted by atomic mass is 35.5. The minimum absolute atomic E-state index is 0. The Morgan fingerprint density at radius 2 is 2.08 bits per heavy atom. The van der Waals surface area contributed by atoms with Gasteiger partial charge in [-0.3, -0.25) is 4.79 Å². The van der Waals surface area contributed by atoms with Gasteiger partial charge in [0.1, 0.15) is 9.85 Å². The summed E-state index contributed by atoms with van der Waals surface area (Å²) in [6, 6.07) is 5.68. The molecule has 0 radical (unpaired) electrons. The van der Waals surface area contributed by atoms with Crippen LogP contribution in [0.2, 0.25) is 4.34 Å². The second-order valence-corrected chi connectivity index (χ2v) is 7.81. The third kappa shape index (κ3) is 3.44. The van der Waals surface area contributed by atoms with Crippen molar-refractivity contribution in [2.75, 3.05) is 18.4 Å². The number of H-pyrrole nitrogens is 1. The molecule has 26 heavy (non-hydrogen) atoms. The van der Waals surface area contributed by atoms with Gasteiger partial charge >= 0.3 is 0 Å². The zero-order valence-electron chi connectivity index (χ0n) is 13.9. The van der Waals surface area contributed by atoms with E-state index in [4.69, 9.17) is 11.6 Å². The molecule has 3 aromatic rings. The lowest BCUT2D eigenvalue weighted by Crippen LogP contribution is -2.35. The maximum Gasteiger partial charge on any atom is 0.256 e. The van der Waals surface area contributed by atoms with Crippen LogP contribution in [0.15, 0.2) is 23.6 Å². The number of aryl methyl sites for hydroxylation is 1. The van der Waals surface area contributed by atoms with Crippen molar-refractivity contribution >= 4 is 51.5 Å². The molecule has 2 aromatic heterocycles. The Kier molecular flexibility index (Phi) is 5.53. The normalized spacial score (nSPS) is 14.3. The Bertz CT molecular complexity index is 907. The van der Waals surface area contributed by atoms with Crippen LogP contribution in [0.1, 0.15) is 42.6 Å². The van der Waals surface area contributed by atoms with Crippen molar-refractivity contribution in [3.8, 4) is 0 Å². The number of aromatic nitrogens is 2. The summed E-state index contributed by atoms with van der Waals surface area (Å²) in [5.41, 5.74) is 4.12. The topological polar surface area (TPSA) is 61.0 Å². The Morgan fingerprint density at radius 1 is 1.31 bits per heavy atom. The predicted molar refractivity (Wildman–Crippen MR) is 110 cm³/mol. The van der Waals surface area contributed by atoms with E-state index in [0.717, 1.165) is 42.7 Å². The molecule has 1 aliphatic rings. The minimum Gasteiger partial charge on any atom is -0.339 e. The summed E-state index contributed by atoms with van der Waals surface area (Å²) in [6.45, 7) is 3.65. The highest BCUT2D eigenvalue weighted by Crippen LogP contribution is 2.34. The van der Waals surface area contributed by atoms with E-state index in [-0.39, 0.29) is 13.3 Å². The lowest BCUT2D eigenvalue weighted by molar-refractivity contribution is 0.0726. The lowest BCUT2D eigenvalue weighted by Gasteiger charge is -2.26. The molecule has 0 saturated carbocycles. The maximum atomic E-state index is 12.9. The number of thiophene rings is 1. The molecular formula is C19H23ClN4OS. The number of amides is 1. The first-order chi connectivity index (χ1) is 12.1. The molecule has 0 aliphatic carbocycles. The molecule has 2 N–H and O–H groups in total. The Labute approximate surface area is 162 Å². The van der Waals surface area contributed by atoms with E-state index < -0.39 is 0 Å². The summed E-state index contributed by atoms with van der Waals surface area (Å²) in [4.78, 5) is 22.7. The van der Waals surface area contributed by atoms with Gasteiger partial charge in [0, 0.05) is 13.1 Å². The van der Waals surface area contributed by atoms with Crippen LogP contribution in [0, 0.1) is 6.92 Å². The number of nitrogens with zero attached hydrogens (tertiary/aromatic N) is 2. The van der Waals surface area contributed by atoms with E-state index in [0.29, 0.717) is 21.4 Å². The minimum atomic E-state index is 0. The van der Waals surface area contributed by atoms with Gasteiger partial charge in [-0.25, -0.2) is 4.98 Å². The molecule has 0 spiro atoms. The van der Waals surface area contributed by atoms with Crippen molar-refractivity contribution in [2.45, 2.75) is 33.6 Å². The summed E-state index contributed by atoms with van der Waals surface area (Å²) in [5.74, 6) is 0.658. The molecule has 1 saturated heterocycles.